The molecule has 184 valence electrons. The van der Waals surface area contributed by atoms with E-state index < -0.39 is 5.97 Å². The van der Waals surface area contributed by atoms with Crippen molar-refractivity contribution in [2.75, 3.05) is 36.4 Å². The molecule has 5 N–H and O–H groups in total. The van der Waals surface area contributed by atoms with Crippen LogP contribution in [0.15, 0.2) is 35.3 Å². The minimum Gasteiger partial charge on any atom is -0.481 e. The van der Waals surface area contributed by atoms with E-state index in [-0.39, 0.29) is 17.5 Å². The van der Waals surface area contributed by atoms with Gasteiger partial charge in [-0.15, -0.1) is 0 Å². The number of rotatable bonds is 6. The minimum atomic E-state index is -0.695. The van der Waals surface area contributed by atoms with Crippen molar-refractivity contribution >= 4 is 34.3 Å². The summed E-state index contributed by atoms with van der Waals surface area (Å²) >= 11 is 0. The summed E-state index contributed by atoms with van der Waals surface area (Å²) in [6.07, 6.45) is 4.65. The van der Waals surface area contributed by atoms with Gasteiger partial charge in [0.25, 0.3) is 5.56 Å². The number of nitrogens with zero attached hydrogens (tertiary/aromatic N) is 5. The number of aromatic amines is 1. The van der Waals surface area contributed by atoms with Gasteiger partial charge >= 0.3 is 5.97 Å². The Morgan fingerprint density at radius 1 is 1.09 bits per heavy atom. The van der Waals surface area contributed by atoms with Crippen LogP contribution in [-0.2, 0) is 11.3 Å². The summed E-state index contributed by atoms with van der Waals surface area (Å²) in [5.41, 5.74) is 8.13. The number of aromatic nitrogens is 4. The fourth-order valence-corrected chi connectivity index (χ4v) is 4.75. The third-order valence-electron chi connectivity index (χ3n) is 6.89. The highest BCUT2D eigenvalue weighted by Crippen LogP contribution is 2.26. The molecule has 2 aromatic heterocycles. The van der Waals surface area contributed by atoms with Crippen molar-refractivity contribution in [3.05, 3.63) is 46.4 Å². The van der Waals surface area contributed by atoms with Gasteiger partial charge in [-0.25, -0.2) is 10.1 Å². The molecule has 0 unspecified atom stereocenters. The molecule has 0 radical (unpaired) electrons. The molecular weight excluding hydrogens is 448 g/mol. The number of H-pyrrole nitrogens is 1. The lowest BCUT2D eigenvalue weighted by molar-refractivity contribution is -0.143. The number of aliphatic carboxylic acids is 1. The summed E-state index contributed by atoms with van der Waals surface area (Å²) in [4.78, 5) is 37.4. The predicted octanol–water partition coefficient (Wildman–Crippen LogP) is 1.68. The average molecular weight is 479 g/mol. The molecule has 5 rings (SSSR count). The number of anilines is 3. The third-order valence-corrected chi connectivity index (χ3v) is 6.89. The molecule has 0 aliphatic carbocycles. The zero-order chi connectivity index (χ0) is 24.4. The molecule has 2 aliphatic heterocycles. The third kappa shape index (κ3) is 5.25. The topological polar surface area (TPSA) is 153 Å². The van der Waals surface area contributed by atoms with Crippen LogP contribution >= 0.6 is 0 Å². The maximum absolute atomic E-state index is 12.6. The van der Waals surface area contributed by atoms with Crippen LogP contribution in [-0.4, -0.2) is 68.4 Å². The number of hydrogen-bond acceptors (Lipinski definition) is 9. The number of carboxylic acids is 1. The number of fused-ring (bicyclic) bond motifs is 1. The van der Waals surface area contributed by atoms with Crippen LogP contribution in [0.25, 0.3) is 10.9 Å². The summed E-state index contributed by atoms with van der Waals surface area (Å²) in [6.45, 7) is 3.87. The first kappa shape index (κ1) is 23.2. The van der Waals surface area contributed by atoms with Crippen LogP contribution in [0.5, 0.6) is 0 Å². The van der Waals surface area contributed by atoms with Crippen LogP contribution in [0, 0.1) is 5.92 Å². The highest BCUT2D eigenvalue weighted by atomic mass is 16.4. The molecule has 0 bridgehead atoms. The van der Waals surface area contributed by atoms with E-state index in [0.29, 0.717) is 35.5 Å². The monoisotopic (exact) mass is 478 g/mol. The Labute approximate surface area is 202 Å². The van der Waals surface area contributed by atoms with E-state index in [9.17, 15) is 14.7 Å². The molecule has 0 atom stereocenters. The van der Waals surface area contributed by atoms with Gasteiger partial charge in [0.05, 0.1) is 12.1 Å². The first-order valence-corrected chi connectivity index (χ1v) is 12.0. The van der Waals surface area contributed by atoms with Crippen molar-refractivity contribution in [3.8, 4) is 0 Å². The number of benzene rings is 1. The minimum absolute atomic E-state index is 0.191. The van der Waals surface area contributed by atoms with E-state index in [0.717, 1.165) is 56.8 Å². The van der Waals surface area contributed by atoms with Crippen LogP contribution in [0.2, 0.25) is 0 Å². The average Bonchev–Trinajstić information content (AvgIpc) is 2.86. The highest BCUT2D eigenvalue weighted by Gasteiger charge is 2.24. The van der Waals surface area contributed by atoms with E-state index >= 15 is 0 Å². The van der Waals surface area contributed by atoms with Gasteiger partial charge in [0.15, 0.2) is 0 Å². The van der Waals surface area contributed by atoms with E-state index in [1.807, 2.05) is 24.3 Å². The first-order chi connectivity index (χ1) is 17.0. The summed E-state index contributed by atoms with van der Waals surface area (Å²) < 4.78 is 0. The van der Waals surface area contributed by atoms with Crippen LogP contribution in [0.4, 0.5) is 17.5 Å². The molecule has 11 nitrogen and oxygen atoms in total. The molecule has 0 amide bonds. The molecule has 3 aromatic rings. The number of carboxylic acid groups (broad SMARTS) is 1. The van der Waals surface area contributed by atoms with Crippen molar-refractivity contribution in [1.82, 2.24) is 25.1 Å². The fourth-order valence-electron chi connectivity index (χ4n) is 4.75. The Bertz CT molecular complexity index is 1250. The summed E-state index contributed by atoms with van der Waals surface area (Å²) in [6, 6.07) is 8.18. The zero-order valence-corrected chi connectivity index (χ0v) is 19.5. The van der Waals surface area contributed by atoms with Crippen LogP contribution in [0.3, 0.4) is 0 Å². The van der Waals surface area contributed by atoms with Gasteiger partial charge < -0.3 is 21.1 Å². The lowest BCUT2D eigenvalue weighted by atomic mass is 9.97. The number of nitrogens with two attached hydrogens (primary N) is 1. The Morgan fingerprint density at radius 2 is 1.80 bits per heavy atom. The number of piperidine rings is 2. The second-order valence-corrected chi connectivity index (χ2v) is 9.37. The fraction of sp³-hybridized carbons (Fsp3) is 0.458. The standard InChI is InChI=1S/C24H30N8O3/c25-17-7-11-32(12-8-17)24-28-19-13-26-30-22(33)20(19)21(29-24)27-18-3-1-15(2-4-18)14-31-9-5-16(6-10-31)23(34)35/h1-4,13,16-17H,5-12,14,25H2,(H,30,33)(H,34,35)(H,27,28,29). The van der Waals surface area contributed by atoms with Crippen molar-refractivity contribution < 1.29 is 9.90 Å². The molecule has 0 spiro atoms. The van der Waals surface area contributed by atoms with Crippen molar-refractivity contribution in [3.63, 3.8) is 0 Å². The Morgan fingerprint density at radius 3 is 2.49 bits per heavy atom. The largest absolute Gasteiger partial charge is 0.481 e. The van der Waals surface area contributed by atoms with Crippen molar-refractivity contribution in [2.45, 2.75) is 38.3 Å². The quantitative estimate of drug-likeness (QED) is 0.411. The molecule has 0 saturated carbocycles. The Hall–Kier alpha value is -3.57. The van der Waals surface area contributed by atoms with E-state index in [4.69, 9.17) is 10.7 Å². The highest BCUT2D eigenvalue weighted by molar-refractivity contribution is 5.90. The molecule has 2 saturated heterocycles. The predicted molar refractivity (Wildman–Crippen MR) is 133 cm³/mol. The summed E-state index contributed by atoms with van der Waals surface area (Å²) in [5.74, 6) is 0.0667. The van der Waals surface area contributed by atoms with Gasteiger partial charge in [0, 0.05) is 31.4 Å². The molecule has 2 aliphatic rings. The SMILES string of the molecule is NC1CCN(c2nc(Nc3ccc(CN4CCC(C(=O)O)CC4)cc3)c3c(=O)[nH]ncc3n2)CC1. The number of likely N-dealkylation sites (tertiary alicyclic amines) is 1. The van der Waals surface area contributed by atoms with Gasteiger partial charge in [-0.1, -0.05) is 12.1 Å². The van der Waals surface area contributed by atoms with E-state index in [2.05, 4.69) is 30.3 Å². The maximum Gasteiger partial charge on any atom is 0.306 e. The van der Waals surface area contributed by atoms with Gasteiger partial charge in [-0.05, 0) is 56.5 Å². The van der Waals surface area contributed by atoms with Crippen LogP contribution in [0.1, 0.15) is 31.2 Å². The van der Waals surface area contributed by atoms with E-state index in [1.54, 1.807) is 6.20 Å². The second-order valence-electron chi connectivity index (χ2n) is 9.37. The smallest absolute Gasteiger partial charge is 0.306 e. The zero-order valence-electron chi connectivity index (χ0n) is 19.5. The second kappa shape index (κ2) is 9.96. The lowest BCUT2D eigenvalue weighted by Gasteiger charge is -2.30. The molecule has 11 heteroatoms. The van der Waals surface area contributed by atoms with Gasteiger partial charge in [0.1, 0.15) is 16.7 Å². The Kier molecular flexibility index (Phi) is 6.60. The summed E-state index contributed by atoms with van der Waals surface area (Å²) in [7, 11) is 0. The molecule has 35 heavy (non-hydrogen) atoms. The number of carbonyl (C=O) groups is 1. The van der Waals surface area contributed by atoms with Gasteiger partial charge in [-0.2, -0.15) is 10.1 Å². The van der Waals surface area contributed by atoms with Gasteiger partial charge in [-0.3, -0.25) is 14.5 Å². The van der Waals surface area contributed by atoms with Gasteiger partial charge in [0.2, 0.25) is 5.95 Å². The first-order valence-electron chi connectivity index (χ1n) is 12.0. The van der Waals surface area contributed by atoms with Crippen LogP contribution < -0.4 is 21.5 Å². The number of nitrogens with one attached hydrogen (secondary N) is 2. The molecule has 1 aromatic carbocycles. The number of hydrogen-bond donors (Lipinski definition) is 4. The van der Waals surface area contributed by atoms with Crippen molar-refractivity contribution in [2.24, 2.45) is 11.7 Å². The summed E-state index contributed by atoms with van der Waals surface area (Å²) in [5, 5.41) is 19.2. The normalized spacial score (nSPS) is 18.1. The molecular formula is C24H30N8O3. The maximum atomic E-state index is 12.6. The molecule has 4 heterocycles. The Balaban J connectivity index is 1.33. The molecule has 2 fully saturated rings. The lowest BCUT2D eigenvalue weighted by Crippen LogP contribution is -2.40. The van der Waals surface area contributed by atoms with Crippen molar-refractivity contribution in [1.29, 1.82) is 0 Å². The van der Waals surface area contributed by atoms with E-state index in [1.165, 1.54) is 0 Å².